The van der Waals surface area contributed by atoms with Crippen LogP contribution in [0.1, 0.15) is 82.5 Å². The Balaban J connectivity index is 1.16. The van der Waals surface area contributed by atoms with Crippen LogP contribution in [-0.2, 0) is 0 Å². The summed E-state index contributed by atoms with van der Waals surface area (Å²) in [6.45, 7) is 4.67. The molecular weight excluding hydrogens is 464 g/mol. The molecule has 0 bridgehead atoms. The van der Waals surface area contributed by atoms with Crippen LogP contribution in [0.3, 0.4) is 0 Å². The molecule has 0 spiro atoms. The molecule has 1 saturated carbocycles. The first-order chi connectivity index (χ1) is 17.1. The number of rotatable bonds is 5. The highest BCUT2D eigenvalue weighted by molar-refractivity contribution is 7.09. The molecule has 10 heteroatoms. The minimum Gasteiger partial charge on any atom is -0.425 e. The fraction of sp³-hybridized carbons (Fsp3) is 0.440. The van der Waals surface area contributed by atoms with Crippen LogP contribution in [0.15, 0.2) is 39.3 Å². The summed E-state index contributed by atoms with van der Waals surface area (Å²) in [4.78, 5) is 15.8. The second-order valence-electron chi connectivity index (χ2n) is 9.45. The van der Waals surface area contributed by atoms with Gasteiger partial charge in [-0.15, -0.1) is 15.3 Å². The number of amides is 1. The topological polar surface area (TPSA) is 111 Å². The molecule has 2 aliphatic rings. The van der Waals surface area contributed by atoms with Gasteiger partial charge in [-0.2, -0.15) is 0 Å². The van der Waals surface area contributed by atoms with Crippen molar-refractivity contribution in [2.45, 2.75) is 57.3 Å². The second kappa shape index (κ2) is 8.99. The van der Waals surface area contributed by atoms with Gasteiger partial charge in [0.05, 0.1) is 17.3 Å². The van der Waals surface area contributed by atoms with E-state index in [-0.39, 0.29) is 17.7 Å². The minimum atomic E-state index is -0.112. The van der Waals surface area contributed by atoms with E-state index in [1.807, 2.05) is 6.92 Å². The highest BCUT2D eigenvalue weighted by Crippen LogP contribution is 2.44. The van der Waals surface area contributed by atoms with Crippen LogP contribution < -0.4 is 0 Å². The van der Waals surface area contributed by atoms with E-state index in [0.29, 0.717) is 41.9 Å². The van der Waals surface area contributed by atoms with Gasteiger partial charge in [0, 0.05) is 19.0 Å². The molecule has 2 fully saturated rings. The number of aryl methyl sites for hydroxylation is 2. The maximum absolute atomic E-state index is 13.3. The van der Waals surface area contributed by atoms with Gasteiger partial charge in [0.1, 0.15) is 10.4 Å². The number of aromatic nitrogens is 5. The fourth-order valence-electron chi connectivity index (χ4n) is 5.26. The summed E-state index contributed by atoms with van der Waals surface area (Å²) in [6, 6.07) is 10.6. The molecule has 1 aromatic carbocycles. The summed E-state index contributed by atoms with van der Waals surface area (Å²) in [5.41, 5.74) is 3.09. The molecule has 9 nitrogen and oxygen atoms in total. The van der Waals surface area contributed by atoms with Crippen molar-refractivity contribution in [2.75, 3.05) is 13.1 Å². The van der Waals surface area contributed by atoms with E-state index in [0.717, 1.165) is 29.3 Å². The zero-order valence-electron chi connectivity index (χ0n) is 19.7. The van der Waals surface area contributed by atoms with Crippen LogP contribution in [0, 0.1) is 13.8 Å². The monoisotopic (exact) mass is 490 g/mol. The lowest BCUT2D eigenvalue weighted by Gasteiger charge is -2.37. The van der Waals surface area contributed by atoms with Crippen molar-refractivity contribution in [2.24, 2.45) is 0 Å². The van der Waals surface area contributed by atoms with E-state index >= 15 is 0 Å². The maximum Gasteiger partial charge on any atom is 0.259 e. The van der Waals surface area contributed by atoms with Crippen molar-refractivity contribution in [1.29, 1.82) is 0 Å². The first kappa shape index (κ1) is 22.1. The lowest BCUT2D eigenvalue weighted by molar-refractivity contribution is 0.0573. The molecule has 2 unspecified atom stereocenters. The molecule has 1 saturated heterocycles. The number of hydrogen-bond acceptors (Lipinski definition) is 9. The summed E-state index contributed by atoms with van der Waals surface area (Å²) in [6.07, 6.45) is 4.58. The molecule has 180 valence electrons. The molecule has 2 atom stereocenters. The van der Waals surface area contributed by atoms with E-state index in [9.17, 15) is 4.79 Å². The standard InChI is InChI=1S/C25H26N6O3S/c1-14-20(21(34-29-14)22-15(2)26-30-35-22)25(32)31-12-17(13-31)23-27-28-24(33-23)19-11-7-6-10-18(19)16-8-4-3-5-9-16/h3-5,8-9,17-19H,6-7,10-13H2,1-2H3. The van der Waals surface area contributed by atoms with Crippen LogP contribution in [0.5, 0.6) is 0 Å². The molecule has 4 heterocycles. The van der Waals surface area contributed by atoms with Gasteiger partial charge >= 0.3 is 0 Å². The third kappa shape index (κ3) is 3.95. The third-order valence-electron chi connectivity index (χ3n) is 7.22. The average Bonchev–Trinajstić information content (AvgIpc) is 3.59. The highest BCUT2D eigenvalue weighted by atomic mass is 32.1. The number of carbonyl (C=O) groups is 1. The molecule has 6 rings (SSSR count). The quantitative estimate of drug-likeness (QED) is 0.389. The summed E-state index contributed by atoms with van der Waals surface area (Å²) < 4.78 is 15.7. The summed E-state index contributed by atoms with van der Waals surface area (Å²) in [7, 11) is 0. The number of carbonyl (C=O) groups excluding carboxylic acids is 1. The molecule has 35 heavy (non-hydrogen) atoms. The van der Waals surface area contributed by atoms with E-state index < -0.39 is 0 Å². The molecule has 1 aliphatic heterocycles. The Morgan fingerprint density at radius 3 is 2.46 bits per heavy atom. The Morgan fingerprint density at radius 2 is 1.71 bits per heavy atom. The Labute approximate surface area is 206 Å². The van der Waals surface area contributed by atoms with Gasteiger partial charge in [0.15, 0.2) is 5.76 Å². The lowest BCUT2D eigenvalue weighted by atomic mass is 9.75. The van der Waals surface area contributed by atoms with E-state index in [1.165, 1.54) is 29.9 Å². The number of benzene rings is 1. The van der Waals surface area contributed by atoms with Crippen molar-refractivity contribution in [1.82, 2.24) is 29.8 Å². The number of hydrogen-bond donors (Lipinski definition) is 0. The average molecular weight is 491 g/mol. The number of nitrogens with zero attached hydrogens (tertiary/aromatic N) is 6. The fourth-order valence-corrected chi connectivity index (χ4v) is 5.90. The minimum absolute atomic E-state index is 0.0365. The Morgan fingerprint density at radius 1 is 0.971 bits per heavy atom. The Hall–Kier alpha value is -3.40. The Kier molecular flexibility index (Phi) is 5.68. The molecule has 4 aromatic rings. The second-order valence-corrected chi connectivity index (χ2v) is 10.2. The van der Waals surface area contributed by atoms with Gasteiger partial charge in [-0.25, -0.2) is 0 Å². The van der Waals surface area contributed by atoms with Crippen LogP contribution in [0.4, 0.5) is 0 Å². The molecule has 0 N–H and O–H groups in total. The van der Waals surface area contributed by atoms with E-state index in [2.05, 4.69) is 55.3 Å². The van der Waals surface area contributed by atoms with Crippen LogP contribution >= 0.6 is 11.5 Å². The molecule has 3 aromatic heterocycles. The zero-order valence-corrected chi connectivity index (χ0v) is 20.5. The highest BCUT2D eigenvalue weighted by Gasteiger charge is 2.40. The van der Waals surface area contributed by atoms with Gasteiger partial charge < -0.3 is 13.8 Å². The van der Waals surface area contributed by atoms with Crippen LogP contribution in [-0.4, -0.2) is 48.8 Å². The normalized spacial score (nSPS) is 20.7. The zero-order chi connectivity index (χ0) is 23.9. The van der Waals surface area contributed by atoms with E-state index in [1.54, 1.807) is 11.8 Å². The van der Waals surface area contributed by atoms with Crippen molar-refractivity contribution in [3.8, 4) is 10.6 Å². The first-order valence-corrected chi connectivity index (χ1v) is 12.8. The third-order valence-corrected chi connectivity index (χ3v) is 8.05. The summed E-state index contributed by atoms with van der Waals surface area (Å²) >= 11 is 1.20. The van der Waals surface area contributed by atoms with Crippen molar-refractivity contribution >= 4 is 17.4 Å². The molecule has 0 radical (unpaired) electrons. The SMILES string of the molecule is Cc1nnsc1-c1onc(C)c1C(=O)N1CC(c2nnc(C3CCCCC3c3ccccc3)o2)C1. The smallest absolute Gasteiger partial charge is 0.259 e. The maximum atomic E-state index is 13.3. The van der Waals surface area contributed by atoms with Gasteiger partial charge in [-0.1, -0.05) is 52.8 Å². The van der Waals surface area contributed by atoms with Gasteiger partial charge in [0.2, 0.25) is 11.8 Å². The Bertz CT molecular complexity index is 1340. The molecular formula is C25H26N6O3S. The van der Waals surface area contributed by atoms with Crippen LogP contribution in [0.2, 0.25) is 0 Å². The van der Waals surface area contributed by atoms with Crippen LogP contribution in [0.25, 0.3) is 10.6 Å². The summed E-state index contributed by atoms with van der Waals surface area (Å²) in [5, 5.41) is 16.9. The largest absolute Gasteiger partial charge is 0.425 e. The lowest BCUT2D eigenvalue weighted by Crippen LogP contribution is -2.48. The first-order valence-electron chi connectivity index (χ1n) is 12.0. The van der Waals surface area contributed by atoms with Gasteiger partial charge in [0.25, 0.3) is 5.91 Å². The predicted molar refractivity (Wildman–Crippen MR) is 128 cm³/mol. The van der Waals surface area contributed by atoms with Crippen molar-refractivity contribution in [3.05, 3.63) is 64.6 Å². The molecule has 1 aliphatic carbocycles. The van der Waals surface area contributed by atoms with E-state index in [4.69, 9.17) is 8.94 Å². The van der Waals surface area contributed by atoms with Crippen molar-refractivity contribution in [3.63, 3.8) is 0 Å². The predicted octanol–water partition coefficient (Wildman–Crippen LogP) is 4.87. The van der Waals surface area contributed by atoms with Gasteiger partial charge in [-0.3, -0.25) is 4.79 Å². The molecule has 1 amide bonds. The summed E-state index contributed by atoms with van der Waals surface area (Å²) in [5.74, 6) is 2.34. The van der Waals surface area contributed by atoms with Crippen molar-refractivity contribution < 1.29 is 13.7 Å². The number of likely N-dealkylation sites (tertiary alicyclic amines) is 1. The van der Waals surface area contributed by atoms with Gasteiger partial charge in [-0.05, 0) is 49.7 Å².